The average molecular weight is 285 g/mol. The zero-order valence-electron chi connectivity index (χ0n) is 12.4. The Kier molecular flexibility index (Phi) is 3.95. The fourth-order valence-corrected chi connectivity index (χ4v) is 4.05. The Morgan fingerprint density at radius 2 is 1.95 bits per heavy atom. The van der Waals surface area contributed by atoms with Gasteiger partial charge in [0.15, 0.2) is 0 Å². The van der Waals surface area contributed by atoms with Crippen molar-refractivity contribution in [2.45, 2.75) is 45.7 Å². The average Bonchev–Trinajstić information content (AvgIpc) is 3.04. The van der Waals surface area contributed by atoms with E-state index in [-0.39, 0.29) is 0 Å². The van der Waals surface area contributed by atoms with Crippen LogP contribution in [0.3, 0.4) is 0 Å². The number of hydrogen-bond acceptors (Lipinski definition) is 2. The van der Waals surface area contributed by atoms with Crippen LogP contribution in [0, 0.1) is 5.41 Å². The number of thiophene rings is 1. The molecule has 1 fully saturated rings. The molecule has 1 unspecified atom stereocenters. The van der Waals surface area contributed by atoms with Crippen LogP contribution in [0.5, 0.6) is 0 Å². The number of nitrogens with one attached hydrogen (secondary N) is 1. The molecule has 1 saturated carbocycles. The molecule has 1 atom stereocenters. The van der Waals surface area contributed by atoms with Crippen LogP contribution in [0.1, 0.15) is 38.0 Å². The molecule has 1 aliphatic carbocycles. The van der Waals surface area contributed by atoms with E-state index in [1.165, 1.54) is 34.6 Å². The molecule has 1 aliphatic rings. The van der Waals surface area contributed by atoms with Crippen LogP contribution in [-0.4, -0.2) is 6.04 Å². The topological polar surface area (TPSA) is 12.0 Å². The summed E-state index contributed by atoms with van der Waals surface area (Å²) < 4.78 is 0. The van der Waals surface area contributed by atoms with Gasteiger partial charge in [-0.25, -0.2) is 0 Å². The standard InChI is InChI=1S/C18H23NS/c1-18(2)11-10-15(12-18)19-13-16-8-9-17(20-16)14-6-4-3-5-7-14/h3-9,15,19H,10-13H2,1-2H3. The number of rotatable bonds is 4. The van der Waals surface area contributed by atoms with Gasteiger partial charge in [-0.2, -0.15) is 0 Å². The molecule has 0 amide bonds. The Morgan fingerprint density at radius 3 is 2.65 bits per heavy atom. The second kappa shape index (κ2) is 5.71. The highest BCUT2D eigenvalue weighted by Gasteiger charge is 2.30. The van der Waals surface area contributed by atoms with E-state index >= 15 is 0 Å². The number of benzene rings is 1. The maximum atomic E-state index is 3.73. The van der Waals surface area contributed by atoms with Crippen LogP contribution >= 0.6 is 11.3 Å². The molecule has 1 aromatic carbocycles. The Hall–Kier alpha value is -1.12. The first-order valence-corrected chi connectivity index (χ1v) is 8.32. The second-order valence-corrected chi connectivity index (χ2v) is 7.79. The summed E-state index contributed by atoms with van der Waals surface area (Å²) in [5.74, 6) is 0. The van der Waals surface area contributed by atoms with Crippen molar-refractivity contribution < 1.29 is 0 Å². The maximum Gasteiger partial charge on any atom is 0.0346 e. The van der Waals surface area contributed by atoms with Gasteiger partial charge in [-0.1, -0.05) is 44.2 Å². The van der Waals surface area contributed by atoms with Crippen LogP contribution < -0.4 is 5.32 Å². The van der Waals surface area contributed by atoms with Gasteiger partial charge in [0.2, 0.25) is 0 Å². The summed E-state index contributed by atoms with van der Waals surface area (Å²) in [7, 11) is 0. The highest BCUT2D eigenvalue weighted by atomic mass is 32.1. The van der Waals surface area contributed by atoms with Crippen molar-refractivity contribution in [2.75, 3.05) is 0 Å². The summed E-state index contributed by atoms with van der Waals surface area (Å²) in [4.78, 5) is 2.81. The molecule has 0 spiro atoms. The summed E-state index contributed by atoms with van der Waals surface area (Å²) in [6.07, 6.45) is 3.98. The fraction of sp³-hybridized carbons (Fsp3) is 0.444. The third kappa shape index (κ3) is 3.31. The van der Waals surface area contributed by atoms with Crippen molar-refractivity contribution in [3.05, 3.63) is 47.3 Å². The molecule has 0 saturated heterocycles. The van der Waals surface area contributed by atoms with Crippen LogP contribution in [0.25, 0.3) is 10.4 Å². The molecule has 0 bridgehead atoms. The molecular weight excluding hydrogens is 262 g/mol. The van der Waals surface area contributed by atoms with Crippen LogP contribution in [0.15, 0.2) is 42.5 Å². The zero-order valence-corrected chi connectivity index (χ0v) is 13.2. The molecule has 1 N–H and O–H groups in total. The normalized spacial score (nSPS) is 21.2. The lowest BCUT2D eigenvalue weighted by atomic mass is 9.92. The maximum absolute atomic E-state index is 3.73. The summed E-state index contributed by atoms with van der Waals surface area (Å²) in [6, 6.07) is 15.9. The van der Waals surface area contributed by atoms with Gasteiger partial charge < -0.3 is 5.32 Å². The quantitative estimate of drug-likeness (QED) is 0.825. The summed E-state index contributed by atoms with van der Waals surface area (Å²) >= 11 is 1.91. The van der Waals surface area contributed by atoms with E-state index in [0.717, 1.165) is 6.54 Å². The van der Waals surface area contributed by atoms with Gasteiger partial charge in [-0.3, -0.25) is 0 Å². The van der Waals surface area contributed by atoms with Crippen LogP contribution in [0.2, 0.25) is 0 Å². The van der Waals surface area contributed by atoms with E-state index in [2.05, 4.69) is 61.6 Å². The smallest absolute Gasteiger partial charge is 0.0346 e. The Bertz CT molecular complexity index is 556. The molecule has 3 rings (SSSR count). The lowest BCUT2D eigenvalue weighted by Gasteiger charge is -2.17. The first-order valence-electron chi connectivity index (χ1n) is 7.50. The molecular formula is C18H23NS. The number of hydrogen-bond donors (Lipinski definition) is 1. The molecule has 2 heteroatoms. The Labute approximate surface area is 126 Å². The van der Waals surface area contributed by atoms with Crippen molar-refractivity contribution in [3.63, 3.8) is 0 Å². The Morgan fingerprint density at radius 1 is 1.15 bits per heavy atom. The zero-order chi connectivity index (χ0) is 14.0. The third-order valence-electron chi connectivity index (χ3n) is 4.25. The van der Waals surface area contributed by atoms with Gasteiger partial charge in [0.05, 0.1) is 0 Å². The van der Waals surface area contributed by atoms with Crippen LogP contribution in [0.4, 0.5) is 0 Å². The van der Waals surface area contributed by atoms with Crippen LogP contribution in [-0.2, 0) is 6.54 Å². The molecule has 0 aliphatic heterocycles. The largest absolute Gasteiger partial charge is 0.309 e. The van der Waals surface area contributed by atoms with Crippen molar-refractivity contribution in [3.8, 4) is 10.4 Å². The molecule has 20 heavy (non-hydrogen) atoms. The van der Waals surface area contributed by atoms with Gasteiger partial charge in [0.25, 0.3) is 0 Å². The van der Waals surface area contributed by atoms with Crippen molar-refractivity contribution in [1.82, 2.24) is 5.32 Å². The molecule has 1 nitrogen and oxygen atoms in total. The minimum Gasteiger partial charge on any atom is -0.309 e. The predicted molar refractivity (Wildman–Crippen MR) is 88.0 cm³/mol. The second-order valence-electron chi connectivity index (χ2n) is 6.62. The van der Waals surface area contributed by atoms with Gasteiger partial charge in [-0.05, 0) is 42.4 Å². The van der Waals surface area contributed by atoms with Gasteiger partial charge in [-0.15, -0.1) is 11.3 Å². The first kappa shape index (κ1) is 13.8. The lowest BCUT2D eigenvalue weighted by molar-refractivity contribution is 0.364. The fourth-order valence-electron chi connectivity index (χ4n) is 3.09. The molecule has 106 valence electrons. The highest BCUT2D eigenvalue weighted by Crippen LogP contribution is 2.37. The van der Waals surface area contributed by atoms with E-state index in [4.69, 9.17) is 0 Å². The van der Waals surface area contributed by atoms with Crippen molar-refractivity contribution in [2.24, 2.45) is 5.41 Å². The molecule has 1 heterocycles. The highest BCUT2D eigenvalue weighted by molar-refractivity contribution is 7.15. The molecule has 2 aromatic rings. The van der Waals surface area contributed by atoms with Gasteiger partial charge in [0, 0.05) is 22.3 Å². The summed E-state index contributed by atoms with van der Waals surface area (Å²) in [6.45, 7) is 5.78. The first-order chi connectivity index (χ1) is 9.62. The van der Waals surface area contributed by atoms with E-state index in [0.29, 0.717) is 11.5 Å². The van der Waals surface area contributed by atoms with Crippen molar-refractivity contribution >= 4 is 11.3 Å². The van der Waals surface area contributed by atoms with E-state index in [1.54, 1.807) is 0 Å². The SMILES string of the molecule is CC1(C)CCC(NCc2ccc(-c3ccccc3)s2)C1. The summed E-state index contributed by atoms with van der Waals surface area (Å²) in [5.41, 5.74) is 1.85. The third-order valence-corrected chi connectivity index (χ3v) is 5.39. The molecule has 0 radical (unpaired) electrons. The molecule has 1 aromatic heterocycles. The minimum absolute atomic E-state index is 0.530. The Balaban J connectivity index is 1.58. The summed E-state index contributed by atoms with van der Waals surface area (Å²) in [5, 5.41) is 3.73. The predicted octanol–water partition coefficient (Wildman–Crippen LogP) is 5.08. The van der Waals surface area contributed by atoms with Gasteiger partial charge in [0.1, 0.15) is 0 Å². The van der Waals surface area contributed by atoms with Gasteiger partial charge >= 0.3 is 0 Å². The van der Waals surface area contributed by atoms with E-state index in [1.807, 2.05) is 11.3 Å². The monoisotopic (exact) mass is 285 g/mol. The lowest BCUT2D eigenvalue weighted by Crippen LogP contribution is -2.26. The van der Waals surface area contributed by atoms with Crippen molar-refractivity contribution in [1.29, 1.82) is 0 Å². The van der Waals surface area contributed by atoms with E-state index in [9.17, 15) is 0 Å². The minimum atomic E-state index is 0.530. The van der Waals surface area contributed by atoms with E-state index < -0.39 is 0 Å².